The Morgan fingerprint density at radius 2 is 2.05 bits per heavy atom. The fraction of sp³-hybridized carbons (Fsp3) is 0.933. The second-order valence-corrected chi connectivity index (χ2v) is 6.07. The second-order valence-electron chi connectivity index (χ2n) is 6.07. The van der Waals surface area contributed by atoms with Crippen molar-refractivity contribution in [1.82, 2.24) is 10.6 Å². The predicted molar refractivity (Wildman–Crippen MR) is 78.0 cm³/mol. The molecular formula is C15H30N2O2. The highest BCUT2D eigenvalue weighted by atomic mass is 16.3. The zero-order valence-electron chi connectivity index (χ0n) is 12.7. The number of aliphatic hydroxyl groups is 1. The molecular weight excluding hydrogens is 240 g/mol. The van der Waals surface area contributed by atoms with Gasteiger partial charge < -0.3 is 15.7 Å². The standard InChI is InChI=1S/C15H30N2O2/c1-4-9-15(3,5-2)17-11-13(18)10-16-14(19)12-7-6-8-12/h12-13,17-18H,4-11H2,1-3H3,(H,16,19). The van der Waals surface area contributed by atoms with E-state index in [9.17, 15) is 9.90 Å². The van der Waals surface area contributed by atoms with Crippen molar-refractivity contribution in [2.24, 2.45) is 5.92 Å². The highest BCUT2D eigenvalue weighted by molar-refractivity contribution is 5.79. The van der Waals surface area contributed by atoms with Crippen molar-refractivity contribution in [2.75, 3.05) is 13.1 Å². The molecule has 3 N–H and O–H groups in total. The third kappa shape index (κ3) is 5.49. The minimum absolute atomic E-state index is 0.0910. The van der Waals surface area contributed by atoms with Crippen molar-refractivity contribution in [3.8, 4) is 0 Å². The van der Waals surface area contributed by atoms with Crippen LogP contribution in [-0.2, 0) is 4.79 Å². The molecule has 1 rings (SSSR count). The first-order chi connectivity index (χ1) is 9.00. The van der Waals surface area contributed by atoms with Crippen LogP contribution < -0.4 is 10.6 Å². The molecule has 1 saturated carbocycles. The Morgan fingerprint density at radius 3 is 2.53 bits per heavy atom. The van der Waals surface area contributed by atoms with Gasteiger partial charge in [-0.25, -0.2) is 0 Å². The van der Waals surface area contributed by atoms with E-state index in [1.54, 1.807) is 0 Å². The summed E-state index contributed by atoms with van der Waals surface area (Å²) < 4.78 is 0. The van der Waals surface area contributed by atoms with Gasteiger partial charge >= 0.3 is 0 Å². The van der Waals surface area contributed by atoms with Crippen LogP contribution in [0.3, 0.4) is 0 Å². The number of rotatable bonds is 9. The van der Waals surface area contributed by atoms with Crippen molar-refractivity contribution < 1.29 is 9.90 Å². The van der Waals surface area contributed by atoms with Crippen LogP contribution in [0.5, 0.6) is 0 Å². The topological polar surface area (TPSA) is 61.4 Å². The maximum Gasteiger partial charge on any atom is 0.223 e. The van der Waals surface area contributed by atoms with E-state index in [0.29, 0.717) is 13.1 Å². The van der Waals surface area contributed by atoms with Gasteiger partial charge in [-0.2, -0.15) is 0 Å². The summed E-state index contributed by atoms with van der Waals surface area (Å²) in [4.78, 5) is 11.6. The lowest BCUT2D eigenvalue weighted by Crippen LogP contribution is -2.48. The Labute approximate surface area is 117 Å². The van der Waals surface area contributed by atoms with Gasteiger partial charge in [-0.3, -0.25) is 4.79 Å². The maximum atomic E-state index is 11.6. The molecule has 0 radical (unpaired) electrons. The Balaban J connectivity index is 2.19. The normalized spacial score (nSPS) is 20.4. The maximum absolute atomic E-state index is 11.6. The molecule has 4 nitrogen and oxygen atoms in total. The minimum atomic E-state index is -0.508. The molecule has 0 spiro atoms. The van der Waals surface area contributed by atoms with Crippen LogP contribution in [0.1, 0.15) is 59.3 Å². The van der Waals surface area contributed by atoms with Crippen LogP contribution in [0.15, 0.2) is 0 Å². The van der Waals surface area contributed by atoms with Gasteiger partial charge in [-0.15, -0.1) is 0 Å². The van der Waals surface area contributed by atoms with E-state index >= 15 is 0 Å². The summed E-state index contributed by atoms with van der Waals surface area (Å²) in [6, 6.07) is 0. The molecule has 0 saturated heterocycles. The number of hydrogen-bond donors (Lipinski definition) is 3. The van der Waals surface area contributed by atoms with E-state index in [4.69, 9.17) is 0 Å². The van der Waals surface area contributed by atoms with Crippen LogP contribution in [0.4, 0.5) is 0 Å². The Bertz CT molecular complexity index is 279. The molecule has 0 aliphatic heterocycles. The number of aliphatic hydroxyl groups excluding tert-OH is 1. The van der Waals surface area contributed by atoms with E-state index < -0.39 is 6.10 Å². The summed E-state index contributed by atoms with van der Waals surface area (Å²) in [6.45, 7) is 7.41. The number of amides is 1. The van der Waals surface area contributed by atoms with Gasteiger partial charge in [0.1, 0.15) is 0 Å². The first-order valence-corrected chi connectivity index (χ1v) is 7.71. The van der Waals surface area contributed by atoms with Crippen molar-refractivity contribution in [2.45, 2.75) is 70.9 Å². The number of β-amino-alcohol motifs (C(OH)–C–C–N with tert-alkyl or cyclic N) is 1. The molecule has 0 heterocycles. The van der Waals surface area contributed by atoms with E-state index in [1.807, 2.05) is 0 Å². The van der Waals surface area contributed by atoms with Crippen LogP contribution in [0.25, 0.3) is 0 Å². The fourth-order valence-corrected chi connectivity index (χ4v) is 2.41. The zero-order chi connectivity index (χ0) is 14.3. The summed E-state index contributed by atoms with van der Waals surface area (Å²) >= 11 is 0. The van der Waals surface area contributed by atoms with E-state index in [-0.39, 0.29) is 17.4 Å². The fourth-order valence-electron chi connectivity index (χ4n) is 2.41. The number of nitrogens with one attached hydrogen (secondary N) is 2. The van der Waals surface area contributed by atoms with Crippen molar-refractivity contribution >= 4 is 5.91 Å². The van der Waals surface area contributed by atoms with Crippen molar-refractivity contribution in [1.29, 1.82) is 0 Å². The molecule has 1 aliphatic carbocycles. The molecule has 0 aromatic heterocycles. The predicted octanol–water partition coefficient (Wildman–Crippen LogP) is 1.82. The monoisotopic (exact) mass is 270 g/mol. The third-order valence-corrected chi connectivity index (χ3v) is 4.33. The molecule has 112 valence electrons. The highest BCUT2D eigenvalue weighted by Gasteiger charge is 2.26. The lowest BCUT2D eigenvalue weighted by molar-refractivity contribution is -0.127. The Morgan fingerprint density at radius 1 is 1.37 bits per heavy atom. The van der Waals surface area contributed by atoms with Gasteiger partial charge in [0.05, 0.1) is 6.10 Å². The molecule has 4 heteroatoms. The molecule has 1 aliphatic rings. The summed E-state index contributed by atoms with van der Waals surface area (Å²) in [5.41, 5.74) is 0.0910. The van der Waals surface area contributed by atoms with Crippen LogP contribution >= 0.6 is 0 Å². The third-order valence-electron chi connectivity index (χ3n) is 4.33. The van der Waals surface area contributed by atoms with Crippen LogP contribution in [0.2, 0.25) is 0 Å². The Hall–Kier alpha value is -0.610. The lowest BCUT2D eigenvalue weighted by Gasteiger charge is -2.31. The molecule has 0 aromatic carbocycles. The Kier molecular flexibility index (Phi) is 6.80. The first kappa shape index (κ1) is 16.4. The van der Waals surface area contributed by atoms with Gasteiger partial charge in [0.2, 0.25) is 5.91 Å². The lowest BCUT2D eigenvalue weighted by atomic mass is 9.85. The van der Waals surface area contributed by atoms with Crippen molar-refractivity contribution in [3.63, 3.8) is 0 Å². The number of hydrogen-bond acceptors (Lipinski definition) is 3. The number of carbonyl (C=O) groups is 1. The molecule has 2 atom stereocenters. The molecule has 2 unspecified atom stereocenters. The molecule has 1 fully saturated rings. The van der Waals surface area contributed by atoms with Gasteiger partial charge in [-0.1, -0.05) is 26.7 Å². The minimum Gasteiger partial charge on any atom is -0.390 e. The molecule has 0 bridgehead atoms. The first-order valence-electron chi connectivity index (χ1n) is 7.71. The molecule has 1 amide bonds. The van der Waals surface area contributed by atoms with Gasteiger partial charge in [0, 0.05) is 24.5 Å². The second kappa shape index (κ2) is 7.85. The average molecular weight is 270 g/mol. The van der Waals surface area contributed by atoms with E-state index in [2.05, 4.69) is 31.4 Å². The van der Waals surface area contributed by atoms with Gasteiger partial charge in [0.15, 0.2) is 0 Å². The summed E-state index contributed by atoms with van der Waals surface area (Å²) in [5.74, 6) is 0.304. The van der Waals surface area contributed by atoms with Crippen LogP contribution in [0, 0.1) is 5.92 Å². The zero-order valence-corrected chi connectivity index (χ0v) is 12.7. The number of carbonyl (C=O) groups excluding carboxylic acids is 1. The SMILES string of the molecule is CCCC(C)(CC)NCC(O)CNC(=O)C1CCC1. The van der Waals surface area contributed by atoms with Gasteiger partial charge in [-0.05, 0) is 32.6 Å². The van der Waals surface area contributed by atoms with Gasteiger partial charge in [0.25, 0.3) is 0 Å². The van der Waals surface area contributed by atoms with Crippen molar-refractivity contribution in [3.05, 3.63) is 0 Å². The highest BCUT2D eigenvalue weighted by Crippen LogP contribution is 2.26. The van der Waals surface area contributed by atoms with E-state index in [0.717, 1.165) is 38.5 Å². The quantitative estimate of drug-likeness (QED) is 0.599. The summed E-state index contributed by atoms with van der Waals surface area (Å²) in [7, 11) is 0. The largest absolute Gasteiger partial charge is 0.390 e. The molecule has 19 heavy (non-hydrogen) atoms. The summed E-state index contributed by atoms with van der Waals surface area (Å²) in [6.07, 6.45) is 5.94. The van der Waals surface area contributed by atoms with E-state index in [1.165, 1.54) is 0 Å². The smallest absolute Gasteiger partial charge is 0.223 e. The van der Waals surface area contributed by atoms with Crippen LogP contribution in [-0.4, -0.2) is 35.7 Å². The molecule has 0 aromatic rings. The summed E-state index contributed by atoms with van der Waals surface area (Å²) in [5, 5.41) is 16.2. The average Bonchev–Trinajstić information content (AvgIpc) is 2.32.